The minimum absolute atomic E-state index is 0.253. The van der Waals surface area contributed by atoms with Crippen LogP contribution >= 0.6 is 0 Å². The molecular formula is C19H19N3O4. The van der Waals surface area contributed by atoms with Crippen molar-refractivity contribution in [2.45, 2.75) is 0 Å². The van der Waals surface area contributed by atoms with E-state index in [1.165, 1.54) is 6.26 Å². The molecule has 1 aromatic carbocycles. The average molecular weight is 353 g/mol. The Labute approximate surface area is 151 Å². The van der Waals surface area contributed by atoms with Crippen LogP contribution in [0.3, 0.4) is 0 Å². The number of hydrogen-bond acceptors (Lipinski definition) is 6. The highest BCUT2D eigenvalue weighted by Gasteiger charge is 2.08. The van der Waals surface area contributed by atoms with Gasteiger partial charge in [0.05, 0.1) is 31.8 Å². The largest absolute Gasteiger partial charge is 0.497 e. The Morgan fingerprint density at radius 2 is 1.92 bits per heavy atom. The fourth-order valence-corrected chi connectivity index (χ4v) is 2.19. The van der Waals surface area contributed by atoms with Crippen LogP contribution in [0.5, 0.6) is 11.5 Å². The second-order valence-electron chi connectivity index (χ2n) is 5.31. The number of amides is 1. The van der Waals surface area contributed by atoms with E-state index in [-0.39, 0.29) is 11.7 Å². The predicted molar refractivity (Wildman–Crippen MR) is 97.9 cm³/mol. The summed E-state index contributed by atoms with van der Waals surface area (Å²) >= 11 is 0. The van der Waals surface area contributed by atoms with Crippen LogP contribution in [0, 0.1) is 0 Å². The SMILES string of the molecule is COc1ccc(OCCNc2ccc(NC(=O)c3ccco3)cn2)cc1. The van der Waals surface area contributed by atoms with E-state index in [0.717, 1.165) is 11.5 Å². The maximum Gasteiger partial charge on any atom is 0.291 e. The van der Waals surface area contributed by atoms with E-state index in [4.69, 9.17) is 13.9 Å². The van der Waals surface area contributed by atoms with Crippen molar-refractivity contribution < 1.29 is 18.7 Å². The summed E-state index contributed by atoms with van der Waals surface area (Å²) in [6.07, 6.45) is 3.03. The Bertz CT molecular complexity index is 815. The average Bonchev–Trinajstić information content (AvgIpc) is 3.22. The monoisotopic (exact) mass is 353 g/mol. The molecule has 0 aliphatic carbocycles. The number of hydrogen-bond donors (Lipinski definition) is 2. The maximum absolute atomic E-state index is 11.9. The highest BCUT2D eigenvalue weighted by atomic mass is 16.5. The standard InChI is InChI=1S/C19H19N3O4/c1-24-15-5-7-16(8-6-15)25-12-10-20-18-9-4-14(13-21-18)22-19(23)17-3-2-11-26-17/h2-9,11,13H,10,12H2,1H3,(H,20,21)(H,22,23). The normalized spacial score (nSPS) is 10.2. The summed E-state index contributed by atoms with van der Waals surface area (Å²) in [5.74, 6) is 2.20. The van der Waals surface area contributed by atoms with Crippen LogP contribution in [0.1, 0.15) is 10.6 Å². The van der Waals surface area contributed by atoms with Crippen LogP contribution in [0.4, 0.5) is 11.5 Å². The molecule has 0 saturated heterocycles. The minimum atomic E-state index is -0.314. The summed E-state index contributed by atoms with van der Waals surface area (Å²) in [5.41, 5.74) is 0.589. The summed E-state index contributed by atoms with van der Waals surface area (Å²) in [6.45, 7) is 1.09. The van der Waals surface area contributed by atoms with E-state index in [2.05, 4.69) is 15.6 Å². The number of rotatable bonds is 8. The Morgan fingerprint density at radius 3 is 2.58 bits per heavy atom. The van der Waals surface area contributed by atoms with E-state index in [9.17, 15) is 4.79 Å². The number of ether oxygens (including phenoxy) is 2. The molecule has 0 radical (unpaired) electrons. The molecule has 2 N–H and O–H groups in total. The minimum Gasteiger partial charge on any atom is -0.497 e. The second kappa shape index (κ2) is 8.57. The fourth-order valence-electron chi connectivity index (χ4n) is 2.19. The third-order valence-corrected chi connectivity index (χ3v) is 3.50. The van der Waals surface area contributed by atoms with E-state index in [1.54, 1.807) is 37.6 Å². The molecule has 7 heteroatoms. The van der Waals surface area contributed by atoms with Crippen LogP contribution in [0.15, 0.2) is 65.4 Å². The lowest BCUT2D eigenvalue weighted by Crippen LogP contribution is -2.13. The molecule has 0 spiro atoms. The van der Waals surface area contributed by atoms with Gasteiger partial charge in [0.2, 0.25) is 0 Å². The zero-order valence-electron chi connectivity index (χ0n) is 14.3. The Hall–Kier alpha value is -3.48. The molecule has 3 aromatic rings. The number of carbonyl (C=O) groups excluding carboxylic acids is 1. The summed E-state index contributed by atoms with van der Waals surface area (Å²) in [6, 6.07) is 14.2. The van der Waals surface area contributed by atoms with Gasteiger partial charge in [-0.2, -0.15) is 0 Å². The molecule has 2 heterocycles. The third kappa shape index (κ3) is 4.76. The summed E-state index contributed by atoms with van der Waals surface area (Å²) in [7, 11) is 1.63. The summed E-state index contributed by atoms with van der Waals surface area (Å²) in [5, 5.41) is 5.87. The number of anilines is 2. The first-order valence-electron chi connectivity index (χ1n) is 8.06. The van der Waals surface area contributed by atoms with Crippen LogP contribution in [-0.2, 0) is 0 Å². The summed E-state index contributed by atoms with van der Waals surface area (Å²) in [4.78, 5) is 16.1. The van der Waals surface area contributed by atoms with Gasteiger partial charge in [-0.25, -0.2) is 4.98 Å². The molecule has 0 fully saturated rings. The molecule has 134 valence electrons. The number of benzene rings is 1. The maximum atomic E-state index is 11.9. The quantitative estimate of drug-likeness (QED) is 0.604. The van der Waals surface area contributed by atoms with Gasteiger partial charge in [0.25, 0.3) is 5.91 Å². The first-order valence-corrected chi connectivity index (χ1v) is 8.06. The van der Waals surface area contributed by atoms with Gasteiger partial charge in [0.1, 0.15) is 23.9 Å². The predicted octanol–water partition coefficient (Wildman–Crippen LogP) is 3.43. The number of nitrogens with zero attached hydrogens (tertiary/aromatic N) is 1. The first-order chi connectivity index (χ1) is 12.7. The first kappa shape index (κ1) is 17.3. The van der Waals surface area contributed by atoms with E-state index >= 15 is 0 Å². The highest BCUT2D eigenvalue weighted by molar-refractivity contribution is 6.02. The van der Waals surface area contributed by atoms with Gasteiger partial charge in [-0.05, 0) is 48.5 Å². The van der Waals surface area contributed by atoms with Gasteiger partial charge in [-0.15, -0.1) is 0 Å². The Morgan fingerprint density at radius 1 is 1.12 bits per heavy atom. The molecule has 26 heavy (non-hydrogen) atoms. The van der Waals surface area contributed by atoms with Gasteiger partial charge in [0, 0.05) is 0 Å². The third-order valence-electron chi connectivity index (χ3n) is 3.50. The Kier molecular flexibility index (Phi) is 5.72. The van der Waals surface area contributed by atoms with Gasteiger partial charge >= 0.3 is 0 Å². The fraction of sp³-hybridized carbons (Fsp3) is 0.158. The van der Waals surface area contributed by atoms with E-state index in [1.807, 2.05) is 24.3 Å². The molecule has 1 amide bonds. The zero-order chi connectivity index (χ0) is 18.2. The van der Waals surface area contributed by atoms with Crippen molar-refractivity contribution in [2.24, 2.45) is 0 Å². The zero-order valence-corrected chi connectivity index (χ0v) is 14.3. The number of nitrogens with one attached hydrogen (secondary N) is 2. The highest BCUT2D eigenvalue weighted by Crippen LogP contribution is 2.17. The van der Waals surface area contributed by atoms with Crippen molar-refractivity contribution in [3.05, 3.63) is 66.8 Å². The van der Waals surface area contributed by atoms with Crippen molar-refractivity contribution in [2.75, 3.05) is 30.9 Å². The van der Waals surface area contributed by atoms with Crippen LogP contribution < -0.4 is 20.1 Å². The molecule has 0 saturated carbocycles. The summed E-state index contributed by atoms with van der Waals surface area (Å²) < 4.78 is 15.8. The van der Waals surface area contributed by atoms with Gasteiger partial charge in [-0.3, -0.25) is 4.79 Å². The van der Waals surface area contributed by atoms with Crippen molar-refractivity contribution in [3.8, 4) is 11.5 Å². The molecule has 3 rings (SSSR count). The lowest BCUT2D eigenvalue weighted by Gasteiger charge is -2.09. The second-order valence-corrected chi connectivity index (χ2v) is 5.31. The van der Waals surface area contributed by atoms with Crippen LogP contribution in [0.25, 0.3) is 0 Å². The Balaban J connectivity index is 1.41. The smallest absolute Gasteiger partial charge is 0.291 e. The van der Waals surface area contributed by atoms with Gasteiger partial charge < -0.3 is 24.5 Å². The number of pyridine rings is 1. The lowest BCUT2D eigenvalue weighted by molar-refractivity contribution is 0.0996. The number of aromatic nitrogens is 1. The van der Waals surface area contributed by atoms with Crippen LogP contribution in [-0.4, -0.2) is 31.2 Å². The molecular weight excluding hydrogens is 334 g/mol. The molecule has 0 unspecified atom stereocenters. The molecule has 2 aromatic heterocycles. The topological polar surface area (TPSA) is 85.6 Å². The van der Waals surface area contributed by atoms with Crippen molar-refractivity contribution in [3.63, 3.8) is 0 Å². The molecule has 0 atom stereocenters. The van der Waals surface area contributed by atoms with E-state index < -0.39 is 0 Å². The van der Waals surface area contributed by atoms with Crippen molar-refractivity contribution in [1.82, 2.24) is 4.98 Å². The number of carbonyl (C=O) groups is 1. The number of methoxy groups -OCH3 is 1. The van der Waals surface area contributed by atoms with Crippen LogP contribution in [0.2, 0.25) is 0 Å². The van der Waals surface area contributed by atoms with Gasteiger partial charge in [-0.1, -0.05) is 0 Å². The van der Waals surface area contributed by atoms with Gasteiger partial charge in [0.15, 0.2) is 5.76 Å². The molecule has 0 bridgehead atoms. The van der Waals surface area contributed by atoms with Crippen molar-refractivity contribution in [1.29, 1.82) is 0 Å². The lowest BCUT2D eigenvalue weighted by atomic mass is 10.3. The van der Waals surface area contributed by atoms with Crippen molar-refractivity contribution >= 4 is 17.4 Å². The number of furan rings is 1. The molecule has 7 nitrogen and oxygen atoms in total. The molecule has 0 aliphatic heterocycles. The molecule has 0 aliphatic rings. The van der Waals surface area contributed by atoms with E-state index in [0.29, 0.717) is 24.7 Å².